The van der Waals surface area contributed by atoms with Crippen molar-refractivity contribution in [2.75, 3.05) is 11.1 Å². The third kappa shape index (κ3) is 8.79. The molecule has 0 saturated heterocycles. The fraction of sp³-hybridized carbons (Fsp3) is 0.125. The predicted octanol–water partition coefficient (Wildman–Crippen LogP) is 9.81. The number of aryl methyl sites for hydroxylation is 2. The first-order chi connectivity index (χ1) is 30.9. The number of nitrogens with one attached hydrogen (secondary N) is 1. The SMILES string of the molecule is CC.CCc1nc(Nc2ccc(C)cc2)nc(SCC(=O)O)n1.[Cu+2].c1ccc2c(c1)-c1nc-2nc2[n-]c(nc3nc(nc4[n-]c(n1)c1ccccc41)-c1ccccc1-3)c1ccccc21. The molecule has 0 saturated carbocycles. The van der Waals surface area contributed by atoms with Gasteiger partial charge in [0, 0.05) is 57.0 Å². The van der Waals surface area contributed by atoms with Crippen LogP contribution in [0.3, 0.4) is 0 Å². The van der Waals surface area contributed by atoms with Gasteiger partial charge < -0.3 is 40.3 Å². The Balaban J connectivity index is 0.000000199. The normalized spacial score (nSPS) is 11.0. The van der Waals surface area contributed by atoms with E-state index in [4.69, 9.17) is 45.0 Å². The van der Waals surface area contributed by atoms with Crippen LogP contribution in [0.4, 0.5) is 11.6 Å². The molecule has 14 nitrogen and oxygen atoms in total. The van der Waals surface area contributed by atoms with Gasteiger partial charge in [-0.15, -0.1) is 0 Å². The monoisotopic (exact) mass is 909 g/mol. The zero-order valence-electron chi connectivity index (χ0n) is 34.9. The summed E-state index contributed by atoms with van der Waals surface area (Å²) < 4.78 is 0. The second-order valence-electron chi connectivity index (χ2n) is 14.1. The minimum Gasteiger partial charge on any atom is -0.481 e. The molecule has 9 aromatic rings. The smallest absolute Gasteiger partial charge is 0.481 e. The Hall–Kier alpha value is -7.39. The summed E-state index contributed by atoms with van der Waals surface area (Å²) in [7, 11) is 0. The average Bonchev–Trinajstić information content (AvgIpc) is 4.06. The van der Waals surface area contributed by atoms with Crippen LogP contribution >= 0.6 is 11.8 Å². The summed E-state index contributed by atoms with van der Waals surface area (Å²) in [6.07, 6.45) is 0.658. The van der Waals surface area contributed by atoms with Crippen LogP contribution in [-0.2, 0) is 28.3 Å². The van der Waals surface area contributed by atoms with Gasteiger partial charge in [-0.2, -0.15) is 9.97 Å². The van der Waals surface area contributed by atoms with Crippen LogP contribution in [0.15, 0.2) is 126 Å². The Bertz CT molecular complexity index is 3040. The fourth-order valence-corrected chi connectivity index (χ4v) is 7.60. The number of nitrogens with zero attached hydrogens (tertiary/aromatic N) is 11. The van der Waals surface area contributed by atoms with Crippen molar-refractivity contribution >= 4 is 73.5 Å². The average molecular weight is 911 g/mol. The number of hydrogen-bond acceptors (Lipinski definition) is 12. The second-order valence-corrected chi connectivity index (χ2v) is 15.0. The number of carbonyl (C=O) groups is 1. The summed E-state index contributed by atoms with van der Waals surface area (Å²) in [5.74, 6) is 2.30. The summed E-state index contributed by atoms with van der Waals surface area (Å²) in [6, 6.07) is 39.7. The van der Waals surface area contributed by atoms with Crippen molar-refractivity contribution in [1.82, 2.24) is 54.8 Å². The summed E-state index contributed by atoms with van der Waals surface area (Å²) in [6.45, 7) is 7.96. The third-order valence-electron chi connectivity index (χ3n) is 9.94. The van der Waals surface area contributed by atoms with E-state index >= 15 is 0 Å². The Morgan fingerprint density at radius 2 is 0.938 bits per heavy atom. The first kappa shape index (κ1) is 43.3. The van der Waals surface area contributed by atoms with Crippen molar-refractivity contribution < 1.29 is 27.0 Å². The molecule has 0 aliphatic carbocycles. The summed E-state index contributed by atoms with van der Waals surface area (Å²) in [5, 5.41) is 15.8. The first-order valence-corrected chi connectivity index (χ1v) is 21.4. The van der Waals surface area contributed by atoms with E-state index in [9.17, 15) is 4.79 Å². The minimum atomic E-state index is -0.897. The summed E-state index contributed by atoms with van der Waals surface area (Å²) >= 11 is 1.08. The fourth-order valence-electron chi connectivity index (χ4n) is 7.03. The van der Waals surface area contributed by atoms with E-state index in [1.165, 1.54) is 5.56 Å². The molecule has 0 unspecified atom stereocenters. The standard InChI is InChI=1S/C32H16N8.C14H16N4O2S.C2H6.Cu/c1-2-10-18-17(9-1)25-33-26(18)38-28-21-13-5-6-14-22(21)30(35-28)40-32-24-16-8-7-15-23(24)31(36-32)39-29-20-12-4-3-11-19(20)27(34-29)37-25;1-3-11-16-13(15-10-6-4-9(2)5-7-10)18-14(17-11)21-8-12(19)20;1-2;/h1-16H;4-7H,3,8H2,1-2H3,(H,19,20)(H,15,16,17,18);1-2H3;/q-2;;;+2. The van der Waals surface area contributed by atoms with Gasteiger partial charge in [0.05, 0.1) is 29.1 Å². The molecule has 2 aliphatic heterocycles. The van der Waals surface area contributed by atoms with Crippen molar-refractivity contribution in [2.24, 2.45) is 0 Å². The molecule has 1 radical (unpaired) electrons. The van der Waals surface area contributed by atoms with Crippen molar-refractivity contribution in [3.8, 4) is 45.6 Å². The molecule has 8 bridgehead atoms. The Morgan fingerprint density at radius 3 is 1.31 bits per heavy atom. The maximum Gasteiger partial charge on any atom is 2.00 e. The Labute approximate surface area is 382 Å². The van der Waals surface area contributed by atoms with E-state index in [0.717, 1.165) is 61.2 Å². The van der Waals surface area contributed by atoms with E-state index in [0.29, 0.717) is 69.2 Å². The number of benzene rings is 5. The van der Waals surface area contributed by atoms with Gasteiger partial charge in [0.1, 0.15) is 5.82 Å². The van der Waals surface area contributed by atoms with Crippen molar-refractivity contribution in [3.63, 3.8) is 0 Å². The van der Waals surface area contributed by atoms with E-state index in [2.05, 4.69) is 20.3 Å². The molecule has 6 heterocycles. The number of fused-ring (bicyclic) bond motifs is 20. The van der Waals surface area contributed by atoms with Crippen LogP contribution in [0.5, 0.6) is 0 Å². The molecular weight excluding hydrogens is 872 g/mol. The van der Waals surface area contributed by atoms with Gasteiger partial charge in [-0.25, -0.2) is 15.0 Å². The van der Waals surface area contributed by atoms with E-state index in [1.54, 1.807) is 0 Å². The van der Waals surface area contributed by atoms with Gasteiger partial charge in [-0.05, 0) is 40.6 Å². The van der Waals surface area contributed by atoms with Crippen molar-refractivity contribution in [3.05, 3.63) is 133 Å². The zero-order chi connectivity index (χ0) is 43.5. The number of hydrogen-bond donors (Lipinski definition) is 2. The third-order valence-corrected chi connectivity index (χ3v) is 10.8. The molecule has 319 valence electrons. The molecule has 4 aromatic heterocycles. The molecule has 0 atom stereocenters. The molecule has 0 fully saturated rings. The molecular formula is C48H38CuN12O2S. The largest absolute Gasteiger partial charge is 2.00 e. The van der Waals surface area contributed by atoms with Gasteiger partial charge in [-0.1, -0.05) is 147 Å². The van der Waals surface area contributed by atoms with E-state index in [1.807, 2.05) is 149 Å². The topological polar surface area (TPSA) is 194 Å². The molecule has 64 heavy (non-hydrogen) atoms. The Morgan fingerprint density at radius 1 is 0.547 bits per heavy atom. The summed E-state index contributed by atoms with van der Waals surface area (Å²) in [5.41, 5.74) is 7.83. The van der Waals surface area contributed by atoms with E-state index < -0.39 is 5.97 Å². The minimum absolute atomic E-state index is 0. The van der Waals surface area contributed by atoms with E-state index in [-0.39, 0.29) is 22.8 Å². The van der Waals surface area contributed by atoms with Crippen LogP contribution < -0.4 is 15.3 Å². The van der Waals surface area contributed by atoms with Crippen LogP contribution in [0, 0.1) is 6.92 Å². The van der Waals surface area contributed by atoms with Crippen LogP contribution in [0.2, 0.25) is 0 Å². The van der Waals surface area contributed by atoms with Gasteiger partial charge >= 0.3 is 23.0 Å². The molecule has 0 amide bonds. The maximum absolute atomic E-state index is 10.6. The molecule has 5 aromatic carbocycles. The molecule has 11 rings (SSSR count). The number of carboxylic acids is 1. The molecule has 2 N–H and O–H groups in total. The first-order valence-electron chi connectivity index (χ1n) is 20.4. The predicted molar refractivity (Wildman–Crippen MR) is 247 cm³/mol. The number of aromatic nitrogens is 11. The van der Waals surface area contributed by atoms with Gasteiger partial charge in [0.25, 0.3) is 0 Å². The number of thioether (sulfide) groups is 1. The quantitative estimate of drug-likeness (QED) is 0.118. The maximum atomic E-state index is 10.6. The van der Waals surface area contributed by atoms with Gasteiger partial charge in [0.2, 0.25) is 5.95 Å². The Kier molecular flexibility index (Phi) is 12.8. The van der Waals surface area contributed by atoms with Crippen molar-refractivity contribution in [1.29, 1.82) is 0 Å². The second kappa shape index (κ2) is 18.9. The number of rotatable bonds is 6. The number of carboxylic acid groups (broad SMARTS) is 1. The zero-order valence-corrected chi connectivity index (χ0v) is 36.7. The number of aliphatic carboxylic acids is 1. The number of anilines is 2. The molecule has 16 heteroatoms. The molecule has 2 aliphatic rings. The van der Waals surface area contributed by atoms with Crippen LogP contribution in [0.25, 0.3) is 89.7 Å². The molecule has 0 spiro atoms. The summed E-state index contributed by atoms with van der Waals surface area (Å²) in [4.78, 5) is 62.7. The van der Waals surface area contributed by atoms with Crippen LogP contribution in [0.1, 0.15) is 32.2 Å². The van der Waals surface area contributed by atoms with Crippen LogP contribution in [-0.4, -0.2) is 61.7 Å². The van der Waals surface area contributed by atoms with Gasteiger partial charge in [0.15, 0.2) is 5.16 Å². The van der Waals surface area contributed by atoms with Gasteiger partial charge in [-0.3, -0.25) is 4.79 Å². The van der Waals surface area contributed by atoms with Crippen molar-refractivity contribution in [2.45, 2.75) is 39.3 Å².